The first-order chi connectivity index (χ1) is 9.70. The molecule has 4 nitrogen and oxygen atoms in total. The Morgan fingerprint density at radius 2 is 1.62 bits per heavy atom. The van der Waals surface area contributed by atoms with Crippen molar-refractivity contribution in [1.82, 2.24) is 0 Å². The average Bonchev–Trinajstić information content (AvgIpc) is 2.38. The molecule has 0 bridgehead atoms. The van der Waals surface area contributed by atoms with Crippen molar-refractivity contribution in [2.75, 3.05) is 10.5 Å². The van der Waals surface area contributed by atoms with Crippen LogP contribution in [0.1, 0.15) is 11.1 Å². The van der Waals surface area contributed by atoms with E-state index >= 15 is 0 Å². The first-order valence-electron chi connectivity index (χ1n) is 6.05. The number of sulfonamides is 1. The lowest BCUT2D eigenvalue weighted by Crippen LogP contribution is -2.15. The molecule has 0 fully saturated rings. The van der Waals surface area contributed by atoms with E-state index < -0.39 is 10.0 Å². The second kappa shape index (κ2) is 5.75. The largest absolute Gasteiger partial charge is 0.398 e. The smallest absolute Gasteiger partial charge is 0.262 e. The molecule has 0 heterocycles. The van der Waals surface area contributed by atoms with Gasteiger partial charge in [-0.2, -0.15) is 0 Å². The van der Waals surface area contributed by atoms with Gasteiger partial charge in [0.15, 0.2) is 0 Å². The Bertz CT molecular complexity index is 785. The summed E-state index contributed by atoms with van der Waals surface area (Å²) in [5, 5.41) is 0.507. The molecule has 2 aromatic carbocycles. The molecule has 112 valence electrons. The summed E-state index contributed by atoms with van der Waals surface area (Å²) < 4.78 is 27.4. The van der Waals surface area contributed by atoms with Gasteiger partial charge >= 0.3 is 0 Å². The van der Waals surface area contributed by atoms with Crippen LogP contribution in [-0.4, -0.2) is 8.42 Å². The highest BCUT2D eigenvalue weighted by Gasteiger charge is 2.18. The number of nitrogens with one attached hydrogen (secondary N) is 1. The lowest BCUT2D eigenvalue weighted by molar-refractivity contribution is 0.601. The summed E-state index contributed by atoms with van der Waals surface area (Å²) in [6.07, 6.45) is 0. The number of nitrogen functional groups attached to an aromatic ring is 1. The summed E-state index contributed by atoms with van der Waals surface area (Å²) in [7, 11) is -3.79. The number of nitrogens with two attached hydrogens (primary N) is 1. The standard InChI is InChI=1S/C14H14Cl2N2O2S/c1-8-3-4-13(17)9(2)14(8)18-21(19,20)12-6-10(15)5-11(16)7-12/h3-7,18H,17H2,1-2H3. The molecule has 0 saturated carbocycles. The van der Waals surface area contributed by atoms with Gasteiger partial charge in [0, 0.05) is 15.7 Å². The van der Waals surface area contributed by atoms with E-state index in [0.29, 0.717) is 16.9 Å². The Labute approximate surface area is 133 Å². The molecule has 0 aliphatic rings. The van der Waals surface area contributed by atoms with Crippen molar-refractivity contribution in [2.45, 2.75) is 18.7 Å². The van der Waals surface area contributed by atoms with E-state index in [1.165, 1.54) is 18.2 Å². The van der Waals surface area contributed by atoms with Crippen LogP contribution in [0.2, 0.25) is 10.0 Å². The van der Waals surface area contributed by atoms with Gasteiger partial charge in [0.05, 0.1) is 10.6 Å². The Balaban J connectivity index is 2.50. The second-order valence-corrected chi connectivity index (χ2v) is 7.24. The lowest BCUT2D eigenvalue weighted by atomic mass is 10.1. The van der Waals surface area contributed by atoms with Gasteiger partial charge in [-0.05, 0) is 49.2 Å². The van der Waals surface area contributed by atoms with Crippen LogP contribution in [-0.2, 0) is 10.0 Å². The van der Waals surface area contributed by atoms with Gasteiger partial charge in [0.1, 0.15) is 0 Å². The fraction of sp³-hybridized carbons (Fsp3) is 0.143. The monoisotopic (exact) mass is 344 g/mol. The fourth-order valence-electron chi connectivity index (χ4n) is 1.90. The highest BCUT2D eigenvalue weighted by Crippen LogP contribution is 2.29. The van der Waals surface area contributed by atoms with E-state index in [1.54, 1.807) is 26.0 Å². The molecule has 0 unspecified atom stereocenters. The van der Waals surface area contributed by atoms with Gasteiger partial charge in [0.25, 0.3) is 10.0 Å². The summed E-state index contributed by atoms with van der Waals surface area (Å²) in [4.78, 5) is 0.00113. The predicted molar refractivity (Wildman–Crippen MR) is 87.6 cm³/mol. The number of aryl methyl sites for hydroxylation is 1. The molecule has 7 heteroatoms. The van der Waals surface area contributed by atoms with Crippen LogP contribution in [0.15, 0.2) is 35.2 Å². The summed E-state index contributed by atoms with van der Waals surface area (Å²) in [5.41, 5.74) is 8.25. The van der Waals surface area contributed by atoms with Gasteiger partial charge in [-0.1, -0.05) is 29.3 Å². The van der Waals surface area contributed by atoms with E-state index in [2.05, 4.69) is 4.72 Å². The van der Waals surface area contributed by atoms with E-state index in [4.69, 9.17) is 28.9 Å². The Morgan fingerprint density at radius 1 is 1.05 bits per heavy atom. The van der Waals surface area contributed by atoms with E-state index in [0.717, 1.165) is 5.56 Å². The third-order valence-corrected chi connectivity index (χ3v) is 4.86. The first-order valence-corrected chi connectivity index (χ1v) is 8.29. The number of halogens is 2. The van der Waals surface area contributed by atoms with Crippen LogP contribution in [0.25, 0.3) is 0 Å². The third kappa shape index (κ3) is 3.43. The SMILES string of the molecule is Cc1ccc(N)c(C)c1NS(=O)(=O)c1cc(Cl)cc(Cl)c1. The summed E-state index contributed by atoms with van der Waals surface area (Å²) in [5.74, 6) is 0. The maximum Gasteiger partial charge on any atom is 0.262 e. The third-order valence-electron chi connectivity index (χ3n) is 3.10. The number of hydrogen-bond acceptors (Lipinski definition) is 3. The molecule has 2 aromatic rings. The van der Waals surface area contributed by atoms with Gasteiger partial charge in [-0.3, -0.25) is 4.72 Å². The molecule has 3 N–H and O–H groups in total. The molecule has 0 aliphatic heterocycles. The number of benzene rings is 2. The lowest BCUT2D eigenvalue weighted by Gasteiger charge is -2.15. The summed E-state index contributed by atoms with van der Waals surface area (Å²) >= 11 is 11.7. The molecule has 0 aromatic heterocycles. The maximum atomic E-state index is 12.5. The number of hydrogen-bond donors (Lipinski definition) is 2. The van der Waals surface area contributed by atoms with Crippen molar-refractivity contribution in [1.29, 1.82) is 0 Å². The first kappa shape index (κ1) is 15.9. The molecular weight excluding hydrogens is 331 g/mol. The molecular formula is C14H14Cl2N2O2S. The summed E-state index contributed by atoms with van der Waals surface area (Å²) in [6, 6.07) is 7.64. The van der Waals surface area contributed by atoms with Crippen molar-refractivity contribution in [3.05, 3.63) is 51.5 Å². The molecule has 0 amide bonds. The average molecular weight is 345 g/mol. The topological polar surface area (TPSA) is 72.2 Å². The Morgan fingerprint density at radius 3 is 2.19 bits per heavy atom. The number of rotatable bonds is 3. The Hall–Kier alpha value is -1.43. The van der Waals surface area contributed by atoms with Crippen LogP contribution in [0.4, 0.5) is 11.4 Å². The zero-order chi connectivity index (χ0) is 15.8. The van der Waals surface area contributed by atoms with Crippen LogP contribution in [0, 0.1) is 13.8 Å². The van der Waals surface area contributed by atoms with E-state index in [-0.39, 0.29) is 14.9 Å². The minimum atomic E-state index is -3.79. The van der Waals surface area contributed by atoms with Crippen molar-refractivity contribution in [3.63, 3.8) is 0 Å². The summed E-state index contributed by atoms with van der Waals surface area (Å²) in [6.45, 7) is 3.56. The zero-order valence-corrected chi connectivity index (χ0v) is 13.8. The highest BCUT2D eigenvalue weighted by molar-refractivity contribution is 7.92. The van der Waals surface area contributed by atoms with E-state index in [1.807, 2.05) is 0 Å². The molecule has 21 heavy (non-hydrogen) atoms. The van der Waals surface area contributed by atoms with Crippen LogP contribution in [0.5, 0.6) is 0 Å². The molecule has 0 radical (unpaired) electrons. The Kier molecular flexibility index (Phi) is 4.37. The van der Waals surface area contributed by atoms with Crippen molar-refractivity contribution < 1.29 is 8.42 Å². The molecule has 2 rings (SSSR count). The fourth-order valence-corrected chi connectivity index (χ4v) is 3.82. The van der Waals surface area contributed by atoms with Crippen molar-refractivity contribution in [2.24, 2.45) is 0 Å². The second-order valence-electron chi connectivity index (χ2n) is 4.68. The van der Waals surface area contributed by atoms with Gasteiger partial charge in [-0.15, -0.1) is 0 Å². The highest BCUT2D eigenvalue weighted by atomic mass is 35.5. The molecule has 0 spiro atoms. The quantitative estimate of drug-likeness (QED) is 0.826. The predicted octanol–water partition coefficient (Wildman–Crippen LogP) is 3.99. The van der Waals surface area contributed by atoms with Gasteiger partial charge in [0.2, 0.25) is 0 Å². The van der Waals surface area contributed by atoms with E-state index in [9.17, 15) is 8.42 Å². The van der Waals surface area contributed by atoms with Crippen molar-refractivity contribution >= 4 is 44.6 Å². The van der Waals surface area contributed by atoms with Gasteiger partial charge < -0.3 is 5.73 Å². The molecule has 0 saturated heterocycles. The minimum absolute atomic E-state index is 0.00113. The molecule has 0 atom stereocenters. The normalized spacial score (nSPS) is 11.4. The zero-order valence-electron chi connectivity index (χ0n) is 11.4. The van der Waals surface area contributed by atoms with Crippen LogP contribution in [0.3, 0.4) is 0 Å². The van der Waals surface area contributed by atoms with Crippen LogP contribution >= 0.6 is 23.2 Å². The number of anilines is 2. The van der Waals surface area contributed by atoms with Gasteiger partial charge in [-0.25, -0.2) is 8.42 Å². The molecule has 0 aliphatic carbocycles. The maximum absolute atomic E-state index is 12.5. The van der Waals surface area contributed by atoms with Crippen molar-refractivity contribution in [3.8, 4) is 0 Å². The van der Waals surface area contributed by atoms with Crippen LogP contribution < -0.4 is 10.5 Å². The minimum Gasteiger partial charge on any atom is -0.398 e.